The van der Waals surface area contributed by atoms with Gasteiger partial charge in [-0.05, 0) is 136 Å². The molecule has 0 aliphatic heterocycles. The quantitative estimate of drug-likeness (QED) is 0.110. The zero-order chi connectivity index (χ0) is 36.2. The van der Waals surface area contributed by atoms with Crippen LogP contribution in [0, 0.1) is 62.1 Å². The lowest BCUT2D eigenvalue weighted by molar-refractivity contribution is -0.250. The molecule has 8 heteroatoms. The Morgan fingerprint density at radius 2 is 1.59 bits per heavy atom. The van der Waals surface area contributed by atoms with Gasteiger partial charge in [0.05, 0.1) is 31.7 Å². The summed E-state index contributed by atoms with van der Waals surface area (Å²) in [4.78, 5) is 38.2. The monoisotopic (exact) mass is 685 g/mol. The number of aliphatic hydroxyl groups is 1. The van der Waals surface area contributed by atoms with Crippen molar-refractivity contribution in [2.75, 3.05) is 26.4 Å². The summed E-state index contributed by atoms with van der Waals surface area (Å²) in [5.74, 6) is 1.20. The van der Waals surface area contributed by atoms with Gasteiger partial charge in [-0.2, -0.15) is 0 Å². The van der Waals surface area contributed by atoms with Crippen LogP contribution in [-0.2, 0) is 23.9 Å². The third-order valence-electron chi connectivity index (χ3n) is 15.9. The number of carbonyl (C=O) groups is 3. The number of hydrogen-bond donors (Lipinski definition) is 3. The molecule has 278 valence electrons. The minimum atomic E-state index is -1.15. The number of carboxylic acids is 1. The van der Waals surface area contributed by atoms with E-state index < -0.39 is 17.4 Å². The largest absolute Gasteiger partial charge is 0.481 e. The molecule has 5 fully saturated rings. The Morgan fingerprint density at radius 3 is 2.24 bits per heavy atom. The Labute approximate surface area is 295 Å². The number of allylic oxidation sites excluding steroid dienone is 1. The number of ether oxygens (including phenoxy) is 2. The molecule has 5 rings (SSSR count). The molecule has 0 heterocycles. The Bertz CT molecular complexity index is 1290. The SMILES string of the molecule is C=C(C)[C@@H]1CC[C@]2(CC(=O)NCCOCCO)CC[C@]3(C)[C@H](CC[C@@H]4[C@@]5(C)CC[C@H](OC(=O)CC(C)(C)C(=O)O)C(C)(C)[C@@H]5CC[C@]43C)[C@@H]12. The van der Waals surface area contributed by atoms with Gasteiger partial charge in [-0.1, -0.05) is 46.8 Å². The fourth-order valence-electron chi connectivity index (χ4n) is 13.2. The van der Waals surface area contributed by atoms with Crippen LogP contribution in [0.3, 0.4) is 0 Å². The van der Waals surface area contributed by atoms with Crippen LogP contribution in [-0.4, -0.2) is 60.5 Å². The first-order chi connectivity index (χ1) is 22.8. The maximum absolute atomic E-state index is 13.4. The summed E-state index contributed by atoms with van der Waals surface area (Å²) in [5.41, 5.74) is 0.400. The first-order valence-corrected chi connectivity index (χ1v) is 19.3. The van der Waals surface area contributed by atoms with E-state index >= 15 is 0 Å². The van der Waals surface area contributed by atoms with Gasteiger partial charge in [0.1, 0.15) is 6.10 Å². The van der Waals surface area contributed by atoms with Crippen LogP contribution in [0.15, 0.2) is 12.2 Å². The average Bonchev–Trinajstić information content (AvgIpc) is 3.38. The van der Waals surface area contributed by atoms with Crippen molar-refractivity contribution in [3.05, 3.63) is 12.2 Å². The molecule has 3 N–H and O–H groups in total. The van der Waals surface area contributed by atoms with Crippen molar-refractivity contribution in [2.45, 2.75) is 139 Å². The van der Waals surface area contributed by atoms with E-state index in [2.05, 4.69) is 53.4 Å². The van der Waals surface area contributed by atoms with E-state index in [9.17, 15) is 19.5 Å². The highest BCUT2D eigenvalue weighted by Gasteiger charge is 2.71. The van der Waals surface area contributed by atoms with Crippen LogP contribution in [0.5, 0.6) is 0 Å². The Hall–Kier alpha value is -1.93. The maximum Gasteiger partial charge on any atom is 0.309 e. The predicted molar refractivity (Wildman–Crippen MR) is 190 cm³/mol. The van der Waals surface area contributed by atoms with Gasteiger partial charge in [0.25, 0.3) is 0 Å². The highest BCUT2D eigenvalue weighted by Crippen LogP contribution is 2.78. The van der Waals surface area contributed by atoms with Crippen molar-refractivity contribution in [2.24, 2.45) is 62.1 Å². The maximum atomic E-state index is 13.4. The normalized spacial score (nSPS) is 41.0. The first kappa shape index (κ1) is 38.3. The van der Waals surface area contributed by atoms with Crippen LogP contribution < -0.4 is 5.32 Å². The minimum Gasteiger partial charge on any atom is -0.481 e. The second kappa shape index (κ2) is 13.6. The van der Waals surface area contributed by atoms with E-state index in [0.29, 0.717) is 55.8 Å². The third kappa shape index (κ3) is 6.42. The molecule has 5 aliphatic rings. The summed E-state index contributed by atoms with van der Waals surface area (Å²) in [6, 6.07) is 0. The summed E-state index contributed by atoms with van der Waals surface area (Å²) in [6.45, 7) is 23.4. The molecule has 8 nitrogen and oxygen atoms in total. The zero-order valence-electron chi connectivity index (χ0n) is 31.9. The molecule has 1 amide bonds. The van der Waals surface area contributed by atoms with Crippen molar-refractivity contribution in [1.29, 1.82) is 0 Å². The molecular weight excluding hydrogens is 618 g/mol. The van der Waals surface area contributed by atoms with Gasteiger partial charge in [0.15, 0.2) is 0 Å². The van der Waals surface area contributed by atoms with Gasteiger partial charge in [-0.25, -0.2) is 0 Å². The van der Waals surface area contributed by atoms with Gasteiger partial charge >= 0.3 is 11.9 Å². The Morgan fingerprint density at radius 1 is 0.878 bits per heavy atom. The number of carbonyl (C=O) groups excluding carboxylic acids is 2. The van der Waals surface area contributed by atoms with Gasteiger partial charge in [0.2, 0.25) is 5.91 Å². The van der Waals surface area contributed by atoms with E-state index in [-0.39, 0.29) is 52.1 Å². The molecule has 10 atom stereocenters. The van der Waals surface area contributed by atoms with Gasteiger partial charge in [-0.3, -0.25) is 14.4 Å². The minimum absolute atomic E-state index is 0.00721. The standard InChI is InChI=1S/C41H67NO7/c1-26(2)27-12-17-41(24-32(44)42-20-22-48-23-21-43)19-18-39(8)28(34(27)41)10-11-30-38(7)15-14-31(49-33(45)25-36(3,4)35(46)47)37(5,6)29(38)13-16-40(30,39)9/h27-31,34,43H,1,10-25H2,2-9H3,(H,42,44)(H,46,47)/t27-,28+,29-,30+,31-,34+,38-,39+,40+,41+/m0/s1. The molecule has 0 aromatic carbocycles. The molecule has 0 radical (unpaired) electrons. The molecule has 5 saturated carbocycles. The number of aliphatic hydroxyl groups excluding tert-OH is 1. The molecule has 0 unspecified atom stereocenters. The summed E-state index contributed by atoms with van der Waals surface area (Å²) in [6.07, 6.45) is 11.2. The molecule has 0 saturated heterocycles. The highest BCUT2D eigenvalue weighted by atomic mass is 16.5. The number of amides is 1. The van der Waals surface area contributed by atoms with E-state index in [1.807, 2.05) is 0 Å². The molecule has 49 heavy (non-hydrogen) atoms. The first-order valence-electron chi connectivity index (χ1n) is 19.3. The van der Waals surface area contributed by atoms with Crippen LogP contribution in [0.25, 0.3) is 0 Å². The van der Waals surface area contributed by atoms with E-state index in [1.54, 1.807) is 13.8 Å². The second-order valence-corrected chi connectivity index (χ2v) is 19.1. The third-order valence-corrected chi connectivity index (χ3v) is 15.9. The smallest absolute Gasteiger partial charge is 0.309 e. The van der Waals surface area contributed by atoms with Gasteiger partial charge in [-0.15, -0.1) is 0 Å². The number of hydrogen-bond acceptors (Lipinski definition) is 6. The molecular formula is C41H67NO7. The topological polar surface area (TPSA) is 122 Å². The fourth-order valence-corrected chi connectivity index (χ4v) is 13.2. The zero-order valence-corrected chi connectivity index (χ0v) is 31.9. The number of carboxylic acid groups (broad SMARTS) is 1. The molecule has 0 aromatic heterocycles. The number of aliphatic carboxylic acids is 1. The van der Waals surface area contributed by atoms with Crippen molar-refractivity contribution in [3.63, 3.8) is 0 Å². The van der Waals surface area contributed by atoms with Crippen LogP contribution in [0.4, 0.5) is 0 Å². The number of esters is 1. The van der Waals surface area contributed by atoms with Crippen LogP contribution in [0.1, 0.15) is 132 Å². The van der Waals surface area contributed by atoms with E-state index in [0.717, 1.165) is 51.4 Å². The number of fused-ring (bicyclic) bond motifs is 7. The predicted octanol–water partition coefficient (Wildman–Crippen LogP) is 7.57. The van der Waals surface area contributed by atoms with Crippen LogP contribution in [0.2, 0.25) is 0 Å². The van der Waals surface area contributed by atoms with Gasteiger partial charge in [0, 0.05) is 18.4 Å². The summed E-state index contributed by atoms with van der Waals surface area (Å²) < 4.78 is 11.5. The lowest BCUT2D eigenvalue weighted by atomic mass is 9.32. The summed E-state index contributed by atoms with van der Waals surface area (Å²) in [5, 5.41) is 21.7. The van der Waals surface area contributed by atoms with Crippen molar-refractivity contribution in [3.8, 4) is 0 Å². The Kier molecular flexibility index (Phi) is 10.6. The average molecular weight is 686 g/mol. The molecule has 0 bridgehead atoms. The number of nitrogens with one attached hydrogen (secondary N) is 1. The van der Waals surface area contributed by atoms with Gasteiger partial charge < -0.3 is 25.0 Å². The molecule has 5 aliphatic carbocycles. The highest BCUT2D eigenvalue weighted by molar-refractivity contribution is 5.81. The fraction of sp³-hybridized carbons (Fsp3) is 0.878. The lowest BCUT2D eigenvalue weighted by Crippen LogP contribution is -2.67. The summed E-state index contributed by atoms with van der Waals surface area (Å²) >= 11 is 0. The molecule has 0 aromatic rings. The molecule has 0 spiro atoms. The number of rotatable bonds is 12. The van der Waals surface area contributed by atoms with E-state index in [1.165, 1.54) is 18.4 Å². The second-order valence-electron chi connectivity index (χ2n) is 19.1. The van der Waals surface area contributed by atoms with Crippen molar-refractivity contribution >= 4 is 17.8 Å². The van der Waals surface area contributed by atoms with E-state index in [4.69, 9.17) is 14.6 Å². The van der Waals surface area contributed by atoms with Crippen molar-refractivity contribution in [1.82, 2.24) is 5.32 Å². The van der Waals surface area contributed by atoms with Crippen LogP contribution >= 0.6 is 0 Å². The summed E-state index contributed by atoms with van der Waals surface area (Å²) in [7, 11) is 0. The van der Waals surface area contributed by atoms with Crippen molar-refractivity contribution < 1.29 is 34.1 Å². The Balaban J connectivity index is 1.36. The lowest BCUT2D eigenvalue weighted by Gasteiger charge is -2.73.